The summed E-state index contributed by atoms with van der Waals surface area (Å²) in [5, 5.41) is 0. The molecule has 0 radical (unpaired) electrons. The second kappa shape index (κ2) is 49.1. The molecule has 0 aliphatic rings. The van der Waals surface area contributed by atoms with E-state index >= 15 is 0 Å². The molecular formula is C116H148N8O8P4. The van der Waals surface area contributed by atoms with Crippen molar-refractivity contribution in [3.8, 4) is 23.0 Å². The van der Waals surface area contributed by atoms with Crippen LogP contribution in [0.15, 0.2) is 315 Å². The highest BCUT2D eigenvalue weighted by Crippen LogP contribution is 2.56. The normalized spacial score (nSPS) is 12.4. The van der Waals surface area contributed by atoms with E-state index in [4.69, 9.17) is 27.6 Å². The minimum atomic E-state index is -1.31. The maximum absolute atomic E-state index is 14.1. The van der Waals surface area contributed by atoms with E-state index in [1.165, 1.54) is 73.7 Å². The highest BCUT2D eigenvalue weighted by atomic mass is 31.2. The maximum Gasteiger partial charge on any atom is 0.307 e. The van der Waals surface area contributed by atoms with Gasteiger partial charge in [-0.3, -0.25) is 9.59 Å². The molecular weight excluding hydrogens is 1760 g/mol. The van der Waals surface area contributed by atoms with Gasteiger partial charge in [-0.1, -0.05) is 395 Å². The van der Waals surface area contributed by atoms with Crippen LogP contribution in [0.1, 0.15) is 213 Å². The number of nitrogens with zero attached hydrogens (tertiary/aromatic N) is 8. The summed E-state index contributed by atoms with van der Waals surface area (Å²) in [5.74, 6) is 2.62. The third-order valence-corrected chi connectivity index (χ3v) is 31.9. The van der Waals surface area contributed by atoms with Gasteiger partial charge >= 0.3 is 11.9 Å². The molecule has 720 valence electrons. The molecule has 20 heteroatoms. The van der Waals surface area contributed by atoms with Crippen LogP contribution in [0.2, 0.25) is 0 Å². The zero-order chi connectivity index (χ0) is 98.1. The van der Waals surface area contributed by atoms with E-state index in [1.807, 2.05) is 24.3 Å². The first-order valence-electron chi connectivity index (χ1n) is 47.5. The minimum Gasteiger partial charge on any atom is -0.462 e. The van der Waals surface area contributed by atoms with Gasteiger partial charge in [-0.25, -0.2) is 37.4 Å². The third kappa shape index (κ3) is 30.3. The molecule has 0 amide bonds. The second-order valence-corrected chi connectivity index (χ2v) is 48.6. The summed E-state index contributed by atoms with van der Waals surface area (Å²) in [4.78, 5) is 25.7. The summed E-state index contributed by atoms with van der Waals surface area (Å²) in [6, 6.07) is 112. The number of carbonyl (C=O) groups excluding carboxylic acids is 2. The average Bonchev–Trinajstić information content (AvgIpc) is 0.756. The van der Waals surface area contributed by atoms with Gasteiger partial charge in [0.1, 0.15) is 36.2 Å². The number of carbonyl (C=O) groups is 2. The Morgan fingerprint density at radius 3 is 0.596 bits per heavy atom. The van der Waals surface area contributed by atoms with Gasteiger partial charge < -0.3 is 27.6 Å². The smallest absolute Gasteiger partial charge is 0.307 e. The molecule has 0 N–H and O–H groups in total. The Kier molecular flexibility index (Phi) is 38.5. The van der Waals surface area contributed by atoms with Crippen LogP contribution in [-0.4, -0.2) is 119 Å². The van der Waals surface area contributed by atoms with Gasteiger partial charge in [0.15, 0.2) is 0 Å². The Hall–Kier alpha value is -9.82. The Labute approximate surface area is 820 Å². The number of hydrogen-bond donors (Lipinski definition) is 0. The molecule has 0 unspecified atom stereocenters. The molecule has 0 bridgehead atoms. The highest BCUT2D eigenvalue weighted by Gasteiger charge is 2.40. The lowest BCUT2D eigenvalue weighted by Gasteiger charge is -2.37. The lowest BCUT2D eigenvalue weighted by atomic mass is 9.70. The van der Waals surface area contributed by atoms with Crippen molar-refractivity contribution in [3.05, 3.63) is 404 Å². The Morgan fingerprint density at radius 1 is 0.250 bits per heavy atom. The maximum atomic E-state index is 14.1. The van der Waals surface area contributed by atoms with E-state index in [-0.39, 0.29) is 46.7 Å². The molecule has 0 fully saturated rings. The van der Waals surface area contributed by atoms with Crippen molar-refractivity contribution in [2.24, 2.45) is 0 Å². The molecule has 0 aliphatic heterocycles. The summed E-state index contributed by atoms with van der Waals surface area (Å²) in [6.07, 6.45) is 0.957. The predicted octanol–water partition coefficient (Wildman–Crippen LogP) is 28.6. The number of ether oxygens (including phenoxy) is 2. The van der Waals surface area contributed by atoms with Crippen LogP contribution in [0.4, 0.5) is 0 Å². The zero-order valence-electron chi connectivity index (χ0n) is 85.1. The molecule has 0 aliphatic carbocycles. The minimum absolute atomic E-state index is 0.0148. The van der Waals surface area contributed by atoms with E-state index in [1.54, 1.807) is 0 Å². The van der Waals surface area contributed by atoms with Crippen molar-refractivity contribution in [3.63, 3.8) is 0 Å². The molecule has 0 saturated carbocycles. The van der Waals surface area contributed by atoms with Crippen LogP contribution in [0.5, 0.6) is 23.0 Å². The van der Waals surface area contributed by atoms with E-state index in [9.17, 15) is 9.59 Å². The standard InChI is InChI=1S/C60H76N4O6P2.C56H72N4O2P2/c1-46(65)67-37-38-68-57(66)41-60(8,51-33-35-55(53(39-51)58(2,3)4)69-71(61(9)42-47-25-17-13-18-26-47)62(10)43-48-27-19-14-20-28-48)52-34-36-56(54(40-52)59(5,6)7)70-72(63(11)44-49-29-21-15-22-30-49)64(12)45-50-31-23-16-24-32-50;1-13-56(8,48-34-36-52(50(38-48)54(2,3)4)61-63(57(9)40-44-26-18-14-19-27-44)58(10)41-45-28-20-15-21-29-45)49-35-37-53(51(39-49)55(5,6)7)62-64(59(11)42-46-30-22-16-23-31-46)60(12)43-47-32-24-17-25-33-47/h13-36,39-40H,37-38,41-45H2,1-12H3;14-39H,13,40-43H2,1-12H3. The van der Waals surface area contributed by atoms with Crippen LogP contribution in [-0.2, 0) is 104 Å². The first-order valence-corrected chi connectivity index (χ1v) is 52.1. The fourth-order valence-corrected chi connectivity index (χ4v) is 23.8. The summed E-state index contributed by atoms with van der Waals surface area (Å²) in [7, 11) is 12.3. The first kappa shape index (κ1) is 107. The van der Waals surface area contributed by atoms with Crippen LogP contribution in [0, 0.1) is 0 Å². The number of benzene rings is 12. The van der Waals surface area contributed by atoms with E-state index in [2.05, 4.69) is 489 Å². The molecule has 12 rings (SSSR count). The van der Waals surface area contributed by atoms with Crippen molar-refractivity contribution < 1.29 is 37.2 Å². The summed E-state index contributed by atoms with van der Waals surface area (Å²) < 4.78 is 58.7. The second-order valence-electron chi connectivity index (χ2n) is 40.4. The van der Waals surface area contributed by atoms with Crippen molar-refractivity contribution in [1.82, 2.24) is 37.4 Å². The van der Waals surface area contributed by atoms with Crippen LogP contribution >= 0.6 is 33.8 Å². The molecule has 16 nitrogen and oxygen atoms in total. The SMILES string of the molecule is CC(=O)OCCOC(=O)CC(C)(c1ccc(OP(N(C)Cc2ccccc2)N(C)Cc2ccccc2)c(C(C)(C)C)c1)c1ccc(OP(N(C)Cc2ccccc2)N(C)Cc2ccccc2)c(C(C)(C)C)c1.CCC(C)(c1ccc(OP(N(C)Cc2ccccc2)N(C)Cc2ccccc2)c(C(C)(C)C)c1)c1ccc(OP(N(C)Cc2ccccc2)N(C)Cc2ccccc2)c(C(C)(C)C)c1. The van der Waals surface area contributed by atoms with E-state index < -0.39 is 51.2 Å². The molecule has 0 atom stereocenters. The molecule has 0 heterocycles. The monoisotopic (exact) mass is 1910 g/mol. The highest BCUT2D eigenvalue weighted by molar-refractivity contribution is 7.48. The fraction of sp³-hybridized carbons (Fsp3) is 0.362. The average molecular weight is 1910 g/mol. The first-order chi connectivity index (χ1) is 64.7. The van der Waals surface area contributed by atoms with E-state index in [0.717, 1.165) is 77.9 Å². The van der Waals surface area contributed by atoms with Gasteiger partial charge in [0.05, 0.1) is 6.42 Å². The topological polar surface area (TPSA) is 115 Å². The molecule has 0 aromatic heterocycles. The predicted molar refractivity (Wildman–Crippen MR) is 569 cm³/mol. The van der Waals surface area contributed by atoms with Gasteiger partial charge in [-0.15, -0.1) is 0 Å². The molecule has 12 aromatic carbocycles. The van der Waals surface area contributed by atoms with Crippen LogP contribution in [0.25, 0.3) is 0 Å². The largest absolute Gasteiger partial charge is 0.462 e. The van der Waals surface area contributed by atoms with E-state index in [0.29, 0.717) is 26.2 Å². The molecule has 0 saturated heterocycles. The van der Waals surface area contributed by atoms with Crippen molar-refractivity contribution in [2.75, 3.05) is 69.6 Å². The van der Waals surface area contributed by atoms with Crippen molar-refractivity contribution in [1.29, 1.82) is 0 Å². The summed E-state index contributed by atoms with van der Waals surface area (Å²) >= 11 is 0. The fourth-order valence-electron chi connectivity index (χ4n) is 17.0. The summed E-state index contributed by atoms with van der Waals surface area (Å²) in [6.45, 7) is 41.1. The number of hydrogen-bond acceptors (Lipinski definition) is 16. The summed E-state index contributed by atoms with van der Waals surface area (Å²) in [5.41, 5.74) is 16.6. The van der Waals surface area contributed by atoms with Crippen molar-refractivity contribution in [2.45, 2.75) is 208 Å². The van der Waals surface area contributed by atoms with Crippen LogP contribution in [0.3, 0.4) is 0 Å². The lowest BCUT2D eigenvalue weighted by Crippen LogP contribution is -2.31. The molecule has 0 spiro atoms. The van der Waals surface area contributed by atoms with Gasteiger partial charge in [0.2, 0.25) is 33.8 Å². The molecule has 12 aromatic rings. The Morgan fingerprint density at radius 2 is 0.426 bits per heavy atom. The number of esters is 2. The quantitative estimate of drug-likeness (QED) is 0.0205. The van der Waals surface area contributed by atoms with Gasteiger partial charge in [-0.2, -0.15) is 0 Å². The Bertz CT molecular complexity index is 5180. The Balaban J connectivity index is 0.000000263. The third-order valence-electron chi connectivity index (χ3n) is 24.6. The van der Waals surface area contributed by atoms with Crippen molar-refractivity contribution >= 4 is 45.7 Å². The molecule has 136 heavy (non-hydrogen) atoms. The van der Waals surface area contributed by atoms with Gasteiger partial charge in [0.25, 0.3) is 0 Å². The van der Waals surface area contributed by atoms with Crippen LogP contribution < -0.4 is 18.1 Å². The zero-order valence-corrected chi connectivity index (χ0v) is 88.7. The lowest BCUT2D eigenvalue weighted by molar-refractivity contribution is -0.151. The number of rotatable bonds is 42. The van der Waals surface area contributed by atoms with Gasteiger partial charge in [-0.05, 0) is 175 Å². The van der Waals surface area contributed by atoms with Gasteiger partial charge in [0, 0.05) is 92.4 Å².